The van der Waals surface area contributed by atoms with Crippen LogP contribution in [-0.4, -0.2) is 27.3 Å². The molecule has 0 radical (unpaired) electrons. The lowest BCUT2D eigenvalue weighted by Gasteiger charge is -1.93. The minimum Gasteiger partial charge on any atom is -0.475 e. The Morgan fingerprint density at radius 3 is 2.57 bits per heavy atom. The average molecular weight is 192 g/mol. The van der Waals surface area contributed by atoms with E-state index in [1.807, 2.05) is 0 Å². The lowest BCUT2D eigenvalue weighted by molar-refractivity contribution is -0.107. The molecule has 0 aliphatic heterocycles. The first-order valence-corrected chi connectivity index (χ1v) is 3.89. The second-order valence-corrected chi connectivity index (χ2v) is 2.45. The van der Waals surface area contributed by atoms with Gasteiger partial charge in [0.25, 0.3) is 0 Å². The zero-order valence-electron chi connectivity index (χ0n) is 7.25. The molecular formula is C9H8N2O3. The number of hydrogen-bond donors (Lipinski definition) is 1. The Morgan fingerprint density at radius 1 is 1.43 bits per heavy atom. The van der Waals surface area contributed by atoms with Crippen LogP contribution in [0.5, 0.6) is 0 Å². The molecular weight excluding hydrogens is 184 g/mol. The Balaban J connectivity index is 2.73. The maximum absolute atomic E-state index is 10.4. The topological polar surface area (TPSA) is 80.2 Å². The molecule has 0 aliphatic carbocycles. The fraction of sp³-hybridized carbons (Fsp3) is 0.111. The molecule has 0 aromatic carbocycles. The van der Waals surface area contributed by atoms with Gasteiger partial charge in [0.15, 0.2) is 0 Å². The minimum atomic E-state index is -1.16. The molecule has 1 N–H and O–H groups in total. The van der Waals surface area contributed by atoms with E-state index in [4.69, 9.17) is 5.11 Å². The lowest BCUT2D eigenvalue weighted by atomic mass is 10.3. The van der Waals surface area contributed by atoms with Crippen LogP contribution in [-0.2, 0) is 4.79 Å². The van der Waals surface area contributed by atoms with Crippen molar-refractivity contribution >= 4 is 18.3 Å². The largest absolute Gasteiger partial charge is 0.475 e. The summed E-state index contributed by atoms with van der Waals surface area (Å²) < 4.78 is 0. The maximum Gasteiger partial charge on any atom is 0.373 e. The second-order valence-electron chi connectivity index (χ2n) is 2.45. The molecule has 0 atom stereocenters. The van der Waals surface area contributed by atoms with Crippen molar-refractivity contribution in [3.63, 3.8) is 0 Å². The molecule has 1 aromatic rings. The molecule has 0 saturated carbocycles. The molecule has 0 aliphatic rings. The van der Waals surface area contributed by atoms with Gasteiger partial charge in [-0.25, -0.2) is 14.8 Å². The van der Waals surface area contributed by atoms with Crippen molar-refractivity contribution < 1.29 is 14.7 Å². The van der Waals surface area contributed by atoms with Crippen molar-refractivity contribution in [1.82, 2.24) is 9.97 Å². The predicted molar refractivity (Wildman–Crippen MR) is 48.7 cm³/mol. The van der Waals surface area contributed by atoms with Crippen molar-refractivity contribution in [3.8, 4) is 0 Å². The van der Waals surface area contributed by atoms with Crippen LogP contribution in [0.15, 0.2) is 18.5 Å². The third-order valence-electron chi connectivity index (χ3n) is 1.41. The van der Waals surface area contributed by atoms with E-state index in [0.29, 0.717) is 12.0 Å². The third-order valence-corrected chi connectivity index (χ3v) is 1.41. The molecule has 0 amide bonds. The summed E-state index contributed by atoms with van der Waals surface area (Å²) in [5.74, 6) is -1.40. The number of nitrogens with zero attached hydrogens (tertiary/aromatic N) is 2. The quantitative estimate of drug-likeness (QED) is 0.713. The summed E-state index contributed by atoms with van der Waals surface area (Å²) in [5, 5.41) is 8.50. The summed E-state index contributed by atoms with van der Waals surface area (Å²) in [6.45, 7) is 0. The van der Waals surface area contributed by atoms with E-state index in [1.54, 1.807) is 12.2 Å². The standard InChI is InChI=1S/C9H8N2O3/c12-4-2-1-3-7-5-10-8(9(13)14)11-6-7/h1,3-6H,2H2,(H,13,14). The van der Waals surface area contributed by atoms with Gasteiger partial charge < -0.3 is 9.90 Å². The Bertz CT molecular complexity index is 357. The molecule has 1 heterocycles. The summed E-state index contributed by atoms with van der Waals surface area (Å²) in [5.41, 5.74) is 0.664. The smallest absolute Gasteiger partial charge is 0.373 e. The van der Waals surface area contributed by atoms with Crippen molar-refractivity contribution in [2.24, 2.45) is 0 Å². The van der Waals surface area contributed by atoms with Crippen LogP contribution < -0.4 is 0 Å². The molecule has 1 aromatic heterocycles. The molecule has 5 heteroatoms. The number of carboxylic acid groups (broad SMARTS) is 1. The van der Waals surface area contributed by atoms with Gasteiger partial charge in [0.05, 0.1) is 0 Å². The number of carboxylic acids is 1. The van der Waals surface area contributed by atoms with Crippen molar-refractivity contribution in [2.75, 3.05) is 0 Å². The SMILES string of the molecule is O=CCC=Cc1cnc(C(=O)O)nc1. The normalized spacial score (nSPS) is 10.3. The summed E-state index contributed by atoms with van der Waals surface area (Å²) in [4.78, 5) is 27.6. The first-order chi connectivity index (χ1) is 6.74. The van der Waals surface area contributed by atoms with Crippen LogP contribution in [0.3, 0.4) is 0 Å². The monoisotopic (exact) mass is 192 g/mol. The molecule has 0 spiro atoms. The molecule has 0 saturated heterocycles. The van der Waals surface area contributed by atoms with Crippen molar-refractivity contribution in [2.45, 2.75) is 6.42 Å². The Morgan fingerprint density at radius 2 is 2.07 bits per heavy atom. The average Bonchev–Trinajstić information content (AvgIpc) is 2.19. The number of aromatic carboxylic acids is 1. The van der Waals surface area contributed by atoms with Gasteiger partial charge in [-0.15, -0.1) is 0 Å². The highest BCUT2D eigenvalue weighted by Gasteiger charge is 2.03. The summed E-state index contributed by atoms with van der Waals surface area (Å²) in [6.07, 6.45) is 7.16. The fourth-order valence-corrected chi connectivity index (χ4v) is 0.794. The number of carbonyl (C=O) groups excluding carboxylic acids is 1. The van der Waals surface area contributed by atoms with Crippen LogP contribution in [0, 0.1) is 0 Å². The Hall–Kier alpha value is -2.04. The highest BCUT2D eigenvalue weighted by Crippen LogP contribution is 1.99. The number of allylic oxidation sites excluding steroid dienone is 1. The maximum atomic E-state index is 10.4. The van der Waals surface area contributed by atoms with Crippen molar-refractivity contribution in [1.29, 1.82) is 0 Å². The van der Waals surface area contributed by atoms with Crippen LogP contribution in [0.4, 0.5) is 0 Å². The van der Waals surface area contributed by atoms with E-state index < -0.39 is 5.97 Å². The van der Waals surface area contributed by atoms with E-state index in [-0.39, 0.29) is 5.82 Å². The van der Waals surface area contributed by atoms with Gasteiger partial charge in [-0.2, -0.15) is 0 Å². The number of carbonyl (C=O) groups is 2. The summed E-state index contributed by atoms with van der Waals surface area (Å²) in [6, 6.07) is 0. The number of aromatic nitrogens is 2. The van der Waals surface area contributed by atoms with Gasteiger partial charge in [0.1, 0.15) is 6.29 Å². The van der Waals surface area contributed by atoms with E-state index >= 15 is 0 Å². The molecule has 0 unspecified atom stereocenters. The van der Waals surface area contributed by atoms with E-state index in [1.165, 1.54) is 12.4 Å². The van der Waals surface area contributed by atoms with Gasteiger partial charge in [-0.3, -0.25) is 0 Å². The van der Waals surface area contributed by atoms with Gasteiger partial charge >= 0.3 is 5.97 Å². The second kappa shape index (κ2) is 4.86. The molecule has 0 fully saturated rings. The summed E-state index contributed by atoms with van der Waals surface area (Å²) >= 11 is 0. The zero-order valence-corrected chi connectivity index (χ0v) is 7.25. The molecule has 72 valence electrons. The van der Waals surface area contributed by atoms with E-state index in [9.17, 15) is 9.59 Å². The van der Waals surface area contributed by atoms with Crippen LogP contribution in [0.1, 0.15) is 22.6 Å². The van der Waals surface area contributed by atoms with Crippen molar-refractivity contribution in [3.05, 3.63) is 29.9 Å². The van der Waals surface area contributed by atoms with E-state index in [2.05, 4.69) is 9.97 Å². The minimum absolute atomic E-state index is 0.238. The molecule has 0 bridgehead atoms. The number of rotatable bonds is 4. The third kappa shape index (κ3) is 2.78. The molecule has 1 rings (SSSR count). The molecule has 5 nitrogen and oxygen atoms in total. The zero-order chi connectivity index (χ0) is 10.4. The van der Waals surface area contributed by atoms with E-state index in [0.717, 1.165) is 6.29 Å². The number of aldehydes is 1. The summed E-state index contributed by atoms with van der Waals surface area (Å²) in [7, 11) is 0. The van der Waals surface area contributed by atoms with Gasteiger partial charge in [-0.1, -0.05) is 12.2 Å². The lowest BCUT2D eigenvalue weighted by Crippen LogP contribution is -2.02. The van der Waals surface area contributed by atoms with Gasteiger partial charge in [0.2, 0.25) is 5.82 Å². The number of hydrogen-bond acceptors (Lipinski definition) is 4. The fourth-order valence-electron chi connectivity index (χ4n) is 0.794. The Labute approximate surface area is 80.1 Å². The van der Waals surface area contributed by atoms with Crippen LogP contribution in [0.25, 0.3) is 6.08 Å². The molecule has 14 heavy (non-hydrogen) atoms. The van der Waals surface area contributed by atoms with Gasteiger partial charge in [0, 0.05) is 24.4 Å². The highest BCUT2D eigenvalue weighted by molar-refractivity contribution is 5.83. The highest BCUT2D eigenvalue weighted by atomic mass is 16.4. The van der Waals surface area contributed by atoms with Gasteiger partial charge in [-0.05, 0) is 0 Å². The Kier molecular flexibility index (Phi) is 3.49. The van der Waals surface area contributed by atoms with Crippen LogP contribution in [0.2, 0.25) is 0 Å². The first-order valence-electron chi connectivity index (χ1n) is 3.89. The first kappa shape index (κ1) is 10.0. The predicted octanol–water partition coefficient (Wildman–Crippen LogP) is 0.777. The van der Waals surface area contributed by atoms with Crippen LogP contribution >= 0.6 is 0 Å².